The zero-order valence-corrected chi connectivity index (χ0v) is 22.1. The van der Waals surface area contributed by atoms with Crippen LogP contribution in [0.3, 0.4) is 0 Å². The molecule has 0 aliphatic rings. The summed E-state index contributed by atoms with van der Waals surface area (Å²) in [5.74, 6) is 3.38. The molecule has 3 N–H and O–H groups in total. The standard InChI is InChI=1S/C24H31N7O2.HI/c1-25-24(27-12-7-10-23-30-29-22-9-4-5-13-31(22)23)26-11-6-8-17-14-19-20(28-17)15-18(32-2)16-21(19)33-3;/h4-5,9,13-16,28H,6-8,10-12H2,1-3H3,(H2,25,26,27);1H. The lowest BCUT2D eigenvalue weighted by molar-refractivity contribution is 0.398. The van der Waals surface area contributed by atoms with Crippen LogP contribution < -0.4 is 20.1 Å². The monoisotopic (exact) mass is 577 g/mol. The van der Waals surface area contributed by atoms with E-state index in [0.29, 0.717) is 0 Å². The second-order valence-electron chi connectivity index (χ2n) is 7.76. The number of ether oxygens (including phenoxy) is 2. The Kier molecular flexibility index (Phi) is 9.37. The summed E-state index contributed by atoms with van der Waals surface area (Å²) in [7, 11) is 5.13. The van der Waals surface area contributed by atoms with Crippen molar-refractivity contribution in [1.82, 2.24) is 30.2 Å². The van der Waals surface area contributed by atoms with E-state index >= 15 is 0 Å². The minimum atomic E-state index is 0. The fourth-order valence-electron chi connectivity index (χ4n) is 3.88. The molecule has 3 aromatic heterocycles. The molecule has 0 amide bonds. The fraction of sp³-hybridized carbons (Fsp3) is 0.375. The van der Waals surface area contributed by atoms with E-state index in [-0.39, 0.29) is 24.0 Å². The highest BCUT2D eigenvalue weighted by molar-refractivity contribution is 14.0. The van der Waals surface area contributed by atoms with Gasteiger partial charge in [0, 0.05) is 56.0 Å². The molecule has 182 valence electrons. The summed E-state index contributed by atoms with van der Waals surface area (Å²) in [6.45, 7) is 1.63. The molecule has 3 heterocycles. The van der Waals surface area contributed by atoms with Crippen molar-refractivity contribution in [3.63, 3.8) is 0 Å². The number of hydrogen-bond donors (Lipinski definition) is 3. The van der Waals surface area contributed by atoms with Gasteiger partial charge in [-0.2, -0.15) is 0 Å². The van der Waals surface area contributed by atoms with Gasteiger partial charge in [-0.3, -0.25) is 9.39 Å². The smallest absolute Gasteiger partial charge is 0.190 e. The van der Waals surface area contributed by atoms with Crippen molar-refractivity contribution < 1.29 is 9.47 Å². The van der Waals surface area contributed by atoms with Crippen molar-refractivity contribution >= 4 is 46.5 Å². The van der Waals surface area contributed by atoms with Gasteiger partial charge < -0.3 is 25.1 Å². The number of H-pyrrole nitrogens is 1. The van der Waals surface area contributed by atoms with Gasteiger partial charge in [0.2, 0.25) is 0 Å². The highest BCUT2D eigenvalue weighted by atomic mass is 127. The number of pyridine rings is 1. The molecule has 0 saturated heterocycles. The molecule has 4 aromatic rings. The number of aryl methyl sites for hydroxylation is 2. The molecule has 0 fully saturated rings. The van der Waals surface area contributed by atoms with Gasteiger partial charge in [-0.05, 0) is 37.5 Å². The van der Waals surface area contributed by atoms with Gasteiger partial charge >= 0.3 is 0 Å². The molecule has 0 unspecified atom stereocenters. The number of halogens is 1. The van der Waals surface area contributed by atoms with Gasteiger partial charge in [0.1, 0.15) is 17.3 Å². The average Bonchev–Trinajstić information content (AvgIpc) is 3.46. The Hall–Kier alpha value is -3.02. The zero-order chi connectivity index (χ0) is 23.0. The summed E-state index contributed by atoms with van der Waals surface area (Å²) in [6.07, 6.45) is 5.68. The molecule has 0 saturated carbocycles. The fourth-order valence-corrected chi connectivity index (χ4v) is 3.88. The van der Waals surface area contributed by atoms with Crippen LogP contribution in [0.4, 0.5) is 0 Å². The number of methoxy groups -OCH3 is 2. The van der Waals surface area contributed by atoms with Crippen LogP contribution in [-0.2, 0) is 12.8 Å². The SMILES string of the molecule is CN=C(NCCCc1cc2c(OC)cc(OC)cc2[nH]1)NCCCc1nnc2ccccn12.I. The summed E-state index contributed by atoms with van der Waals surface area (Å²) in [5, 5.41) is 16.3. The number of aromatic amines is 1. The molecule has 9 nitrogen and oxygen atoms in total. The minimum absolute atomic E-state index is 0. The summed E-state index contributed by atoms with van der Waals surface area (Å²) in [4.78, 5) is 7.78. The molecule has 0 aliphatic carbocycles. The first-order valence-electron chi connectivity index (χ1n) is 11.2. The Bertz CT molecular complexity index is 1230. The van der Waals surface area contributed by atoms with Crippen molar-refractivity contribution in [2.45, 2.75) is 25.7 Å². The topological polar surface area (TPSA) is 101 Å². The third kappa shape index (κ3) is 6.10. The highest BCUT2D eigenvalue weighted by Crippen LogP contribution is 2.31. The number of nitrogens with one attached hydrogen (secondary N) is 3. The quantitative estimate of drug-likeness (QED) is 0.115. The predicted molar refractivity (Wildman–Crippen MR) is 146 cm³/mol. The number of fused-ring (bicyclic) bond motifs is 2. The second-order valence-corrected chi connectivity index (χ2v) is 7.76. The highest BCUT2D eigenvalue weighted by Gasteiger charge is 2.09. The van der Waals surface area contributed by atoms with Gasteiger partial charge in [-0.25, -0.2) is 0 Å². The van der Waals surface area contributed by atoms with E-state index in [4.69, 9.17) is 9.47 Å². The minimum Gasteiger partial charge on any atom is -0.497 e. The first-order valence-corrected chi connectivity index (χ1v) is 11.2. The molecule has 10 heteroatoms. The van der Waals surface area contributed by atoms with E-state index in [1.807, 2.05) is 40.9 Å². The number of aromatic nitrogens is 4. The molecule has 0 radical (unpaired) electrons. The van der Waals surface area contributed by atoms with Crippen LogP contribution in [0.1, 0.15) is 24.4 Å². The average molecular weight is 577 g/mol. The molecule has 1 aromatic carbocycles. The van der Waals surface area contributed by atoms with Crippen LogP contribution >= 0.6 is 24.0 Å². The zero-order valence-electron chi connectivity index (χ0n) is 19.8. The van der Waals surface area contributed by atoms with Crippen molar-refractivity contribution in [2.24, 2.45) is 4.99 Å². The summed E-state index contributed by atoms with van der Waals surface area (Å²) in [6, 6.07) is 12.0. The predicted octanol–water partition coefficient (Wildman–Crippen LogP) is 3.58. The van der Waals surface area contributed by atoms with E-state index in [1.54, 1.807) is 21.3 Å². The van der Waals surface area contributed by atoms with Crippen molar-refractivity contribution in [2.75, 3.05) is 34.4 Å². The van der Waals surface area contributed by atoms with Crippen molar-refractivity contribution in [1.29, 1.82) is 0 Å². The van der Waals surface area contributed by atoms with E-state index < -0.39 is 0 Å². The molecular weight excluding hydrogens is 545 g/mol. The molecule has 34 heavy (non-hydrogen) atoms. The van der Waals surface area contributed by atoms with Gasteiger partial charge in [0.15, 0.2) is 11.6 Å². The lowest BCUT2D eigenvalue weighted by Crippen LogP contribution is -2.38. The van der Waals surface area contributed by atoms with Crippen LogP contribution in [0.5, 0.6) is 11.5 Å². The van der Waals surface area contributed by atoms with Gasteiger partial charge in [0.25, 0.3) is 0 Å². The maximum Gasteiger partial charge on any atom is 0.190 e. The molecule has 0 atom stereocenters. The Balaban J connectivity index is 0.00000324. The van der Waals surface area contributed by atoms with Crippen LogP contribution in [-0.4, -0.2) is 59.9 Å². The number of aliphatic imine (C=N–C) groups is 1. The maximum absolute atomic E-state index is 5.50. The summed E-state index contributed by atoms with van der Waals surface area (Å²) >= 11 is 0. The van der Waals surface area contributed by atoms with E-state index in [1.165, 1.54) is 5.69 Å². The largest absolute Gasteiger partial charge is 0.497 e. The second kappa shape index (κ2) is 12.4. The lowest BCUT2D eigenvalue weighted by Gasteiger charge is -2.11. The first-order chi connectivity index (χ1) is 16.2. The Labute approximate surface area is 216 Å². The summed E-state index contributed by atoms with van der Waals surface area (Å²) in [5.41, 5.74) is 3.07. The van der Waals surface area contributed by atoms with Crippen molar-refractivity contribution in [3.8, 4) is 11.5 Å². The number of hydrogen-bond acceptors (Lipinski definition) is 5. The van der Waals surface area contributed by atoms with Crippen LogP contribution in [0.15, 0.2) is 47.6 Å². The van der Waals surface area contributed by atoms with Gasteiger partial charge in [0.05, 0.1) is 19.7 Å². The van der Waals surface area contributed by atoms with Gasteiger partial charge in [-0.1, -0.05) is 6.07 Å². The number of nitrogens with zero attached hydrogens (tertiary/aromatic N) is 4. The number of benzene rings is 1. The van der Waals surface area contributed by atoms with Crippen LogP contribution in [0, 0.1) is 0 Å². The number of rotatable bonds is 10. The molecule has 0 spiro atoms. The Morgan fingerprint density at radius 2 is 1.82 bits per heavy atom. The van der Waals surface area contributed by atoms with Crippen LogP contribution in [0.2, 0.25) is 0 Å². The lowest BCUT2D eigenvalue weighted by atomic mass is 10.2. The third-order valence-electron chi connectivity index (χ3n) is 5.58. The normalized spacial score (nSPS) is 11.4. The van der Waals surface area contributed by atoms with E-state index in [0.717, 1.165) is 78.6 Å². The van der Waals surface area contributed by atoms with E-state index in [2.05, 4.69) is 36.9 Å². The molecule has 0 aliphatic heterocycles. The van der Waals surface area contributed by atoms with E-state index in [9.17, 15) is 0 Å². The Morgan fingerprint density at radius 1 is 1.03 bits per heavy atom. The maximum atomic E-state index is 5.50. The van der Waals surface area contributed by atoms with Crippen molar-refractivity contribution in [3.05, 3.63) is 54.1 Å². The van der Waals surface area contributed by atoms with Crippen LogP contribution in [0.25, 0.3) is 16.6 Å². The third-order valence-corrected chi connectivity index (χ3v) is 5.58. The first kappa shape index (κ1) is 25.6. The summed E-state index contributed by atoms with van der Waals surface area (Å²) < 4.78 is 12.9. The number of guanidine groups is 1. The molecule has 4 rings (SSSR count). The Morgan fingerprint density at radius 3 is 2.56 bits per heavy atom. The molecule has 0 bridgehead atoms. The van der Waals surface area contributed by atoms with Gasteiger partial charge in [-0.15, -0.1) is 34.2 Å². The molecular formula is C24H32IN7O2.